The first kappa shape index (κ1) is 14.4. The zero-order valence-corrected chi connectivity index (χ0v) is 9.99. The highest BCUT2D eigenvalue weighted by Gasteiger charge is 2.08. The monoisotopic (exact) mass is 217 g/mol. The molecule has 0 aliphatic rings. The van der Waals surface area contributed by atoms with Crippen LogP contribution in [0.25, 0.3) is 0 Å². The van der Waals surface area contributed by atoms with Crippen molar-refractivity contribution in [2.45, 2.75) is 39.7 Å². The van der Waals surface area contributed by atoms with E-state index in [1.54, 1.807) is 0 Å². The predicted molar refractivity (Wildman–Crippen MR) is 59.5 cm³/mol. The van der Waals surface area contributed by atoms with E-state index >= 15 is 0 Å². The Kier molecular flexibility index (Phi) is 8.33. The number of carbonyl (C=O) groups excluding carboxylic acids is 1. The molecule has 0 fully saturated rings. The van der Waals surface area contributed by atoms with Gasteiger partial charge < -0.3 is 15.2 Å². The van der Waals surface area contributed by atoms with Gasteiger partial charge in [-0.3, -0.25) is 4.79 Å². The summed E-state index contributed by atoms with van der Waals surface area (Å²) in [4.78, 5) is 11.2. The number of hydrogen-bond acceptors (Lipinski definition) is 4. The number of carbonyl (C=O) groups is 1. The van der Waals surface area contributed by atoms with Crippen LogP contribution >= 0.6 is 0 Å². The highest BCUT2D eigenvalue weighted by atomic mass is 16.6. The van der Waals surface area contributed by atoms with Crippen molar-refractivity contribution in [3.63, 3.8) is 0 Å². The van der Waals surface area contributed by atoms with Gasteiger partial charge in [-0.25, -0.2) is 0 Å². The fraction of sp³-hybridized carbons (Fsp3) is 0.909. The smallest absolute Gasteiger partial charge is 0.307 e. The van der Waals surface area contributed by atoms with Gasteiger partial charge in [-0.05, 0) is 12.3 Å². The lowest BCUT2D eigenvalue weighted by Gasteiger charge is -2.09. The predicted octanol–water partition coefficient (Wildman–Crippen LogP) is 1.33. The van der Waals surface area contributed by atoms with Crippen molar-refractivity contribution < 1.29 is 14.3 Å². The summed E-state index contributed by atoms with van der Waals surface area (Å²) in [7, 11) is 0. The van der Waals surface area contributed by atoms with E-state index in [0.717, 1.165) is 6.42 Å². The van der Waals surface area contributed by atoms with Gasteiger partial charge in [0.1, 0.15) is 6.61 Å². The van der Waals surface area contributed by atoms with E-state index in [-0.39, 0.29) is 12.0 Å². The molecule has 0 aliphatic heterocycles. The Morgan fingerprint density at radius 2 is 2.00 bits per heavy atom. The molecule has 0 heterocycles. The largest absolute Gasteiger partial charge is 0.463 e. The number of rotatable bonds is 8. The summed E-state index contributed by atoms with van der Waals surface area (Å²) in [5, 5.41) is 0. The summed E-state index contributed by atoms with van der Waals surface area (Å²) in [5.41, 5.74) is 5.61. The first-order valence-electron chi connectivity index (χ1n) is 5.55. The van der Waals surface area contributed by atoms with Crippen LogP contribution < -0.4 is 5.73 Å². The van der Waals surface area contributed by atoms with Crippen LogP contribution in [-0.4, -0.2) is 31.8 Å². The number of ether oxygens (including phenoxy) is 2. The molecule has 90 valence electrons. The average Bonchev–Trinajstić information content (AvgIpc) is 2.16. The van der Waals surface area contributed by atoms with Gasteiger partial charge in [0.2, 0.25) is 0 Å². The molecule has 0 bridgehead atoms. The maximum Gasteiger partial charge on any atom is 0.307 e. The molecule has 0 aromatic carbocycles. The molecule has 0 rings (SSSR count). The Bertz CT molecular complexity index is 171. The Morgan fingerprint density at radius 3 is 2.53 bits per heavy atom. The summed E-state index contributed by atoms with van der Waals surface area (Å²) < 4.78 is 10.2. The summed E-state index contributed by atoms with van der Waals surface area (Å²) >= 11 is 0. The third-order valence-electron chi connectivity index (χ3n) is 1.90. The van der Waals surface area contributed by atoms with Crippen LogP contribution in [0.5, 0.6) is 0 Å². The van der Waals surface area contributed by atoms with Crippen molar-refractivity contribution in [1.29, 1.82) is 0 Å². The van der Waals surface area contributed by atoms with Crippen LogP contribution in [-0.2, 0) is 14.3 Å². The van der Waals surface area contributed by atoms with Gasteiger partial charge in [-0.15, -0.1) is 0 Å². The molecule has 1 unspecified atom stereocenters. The minimum absolute atomic E-state index is 0.0888. The third kappa shape index (κ3) is 9.69. The van der Waals surface area contributed by atoms with Crippen LogP contribution in [0, 0.1) is 5.92 Å². The Labute approximate surface area is 92.1 Å². The van der Waals surface area contributed by atoms with Gasteiger partial charge in [-0.1, -0.05) is 20.8 Å². The fourth-order valence-corrected chi connectivity index (χ4v) is 0.951. The van der Waals surface area contributed by atoms with Crippen LogP contribution in [0.4, 0.5) is 0 Å². The number of hydrogen-bond donors (Lipinski definition) is 1. The lowest BCUT2D eigenvalue weighted by Crippen LogP contribution is -2.24. The zero-order valence-electron chi connectivity index (χ0n) is 9.99. The van der Waals surface area contributed by atoms with E-state index in [1.807, 2.05) is 6.92 Å². The first-order chi connectivity index (χ1) is 7.06. The summed E-state index contributed by atoms with van der Waals surface area (Å²) in [6, 6.07) is -0.0888. The highest BCUT2D eigenvalue weighted by molar-refractivity contribution is 5.70. The highest BCUT2D eigenvalue weighted by Crippen LogP contribution is 1.96. The van der Waals surface area contributed by atoms with Crippen molar-refractivity contribution in [1.82, 2.24) is 0 Å². The minimum atomic E-state index is -0.238. The standard InChI is InChI=1S/C11H23NO3/c1-4-10(12)7-11(13)15-6-5-14-8-9(2)3/h9-10H,4-8,12H2,1-3H3. The molecule has 0 aromatic rings. The molecule has 0 saturated carbocycles. The van der Waals surface area contributed by atoms with E-state index in [9.17, 15) is 4.79 Å². The average molecular weight is 217 g/mol. The second kappa shape index (κ2) is 8.68. The Morgan fingerprint density at radius 1 is 1.33 bits per heavy atom. The topological polar surface area (TPSA) is 61.6 Å². The van der Waals surface area contributed by atoms with Crippen molar-refractivity contribution >= 4 is 5.97 Å². The molecule has 2 N–H and O–H groups in total. The maximum atomic E-state index is 11.2. The zero-order chi connectivity index (χ0) is 11.7. The van der Waals surface area contributed by atoms with Gasteiger partial charge in [0, 0.05) is 12.6 Å². The van der Waals surface area contributed by atoms with E-state index < -0.39 is 0 Å². The van der Waals surface area contributed by atoms with Crippen LogP contribution in [0.3, 0.4) is 0 Å². The minimum Gasteiger partial charge on any atom is -0.463 e. The van der Waals surface area contributed by atoms with E-state index in [1.165, 1.54) is 0 Å². The van der Waals surface area contributed by atoms with Crippen molar-refractivity contribution in [3.8, 4) is 0 Å². The number of nitrogens with two attached hydrogens (primary N) is 1. The molecule has 4 nitrogen and oxygen atoms in total. The first-order valence-corrected chi connectivity index (χ1v) is 5.55. The molecule has 0 amide bonds. The van der Waals surface area contributed by atoms with Crippen molar-refractivity contribution in [2.75, 3.05) is 19.8 Å². The van der Waals surface area contributed by atoms with Gasteiger partial charge in [0.15, 0.2) is 0 Å². The second-order valence-electron chi connectivity index (χ2n) is 4.06. The molecule has 1 atom stereocenters. The van der Waals surface area contributed by atoms with E-state index in [4.69, 9.17) is 15.2 Å². The van der Waals surface area contributed by atoms with Gasteiger partial charge in [0.05, 0.1) is 13.0 Å². The summed E-state index contributed by atoms with van der Waals surface area (Å²) in [6.45, 7) is 7.58. The lowest BCUT2D eigenvalue weighted by atomic mass is 10.2. The van der Waals surface area contributed by atoms with Gasteiger partial charge in [0.25, 0.3) is 0 Å². The van der Waals surface area contributed by atoms with Crippen molar-refractivity contribution in [3.05, 3.63) is 0 Å². The SMILES string of the molecule is CCC(N)CC(=O)OCCOCC(C)C. The third-order valence-corrected chi connectivity index (χ3v) is 1.90. The molecule has 0 saturated heterocycles. The molecule has 4 heteroatoms. The van der Waals surface area contributed by atoms with Gasteiger partial charge >= 0.3 is 5.97 Å². The van der Waals surface area contributed by atoms with E-state index in [0.29, 0.717) is 32.2 Å². The molecule has 15 heavy (non-hydrogen) atoms. The Balaban J connectivity index is 3.31. The molecule has 0 aliphatic carbocycles. The maximum absolute atomic E-state index is 11.2. The fourth-order valence-electron chi connectivity index (χ4n) is 0.951. The summed E-state index contributed by atoms with van der Waals surface area (Å²) in [5.74, 6) is 0.270. The molecular weight excluding hydrogens is 194 g/mol. The molecule has 0 radical (unpaired) electrons. The van der Waals surface area contributed by atoms with Gasteiger partial charge in [-0.2, -0.15) is 0 Å². The lowest BCUT2D eigenvalue weighted by molar-refractivity contribution is -0.145. The second-order valence-corrected chi connectivity index (χ2v) is 4.06. The van der Waals surface area contributed by atoms with Crippen LogP contribution in [0.15, 0.2) is 0 Å². The molecule has 0 spiro atoms. The van der Waals surface area contributed by atoms with Crippen LogP contribution in [0.1, 0.15) is 33.6 Å². The van der Waals surface area contributed by atoms with Crippen LogP contribution in [0.2, 0.25) is 0 Å². The summed E-state index contributed by atoms with van der Waals surface area (Å²) in [6.07, 6.45) is 1.08. The quantitative estimate of drug-likeness (QED) is 0.492. The molecule has 0 aromatic heterocycles. The normalized spacial score (nSPS) is 12.9. The van der Waals surface area contributed by atoms with E-state index in [2.05, 4.69) is 13.8 Å². The van der Waals surface area contributed by atoms with Crippen molar-refractivity contribution in [2.24, 2.45) is 11.7 Å². The Hall–Kier alpha value is -0.610. The molecular formula is C11H23NO3. The number of esters is 1.